The summed E-state index contributed by atoms with van der Waals surface area (Å²) in [6.07, 6.45) is 3.58. The van der Waals surface area contributed by atoms with E-state index in [1.807, 2.05) is 24.3 Å². The second-order valence-corrected chi connectivity index (χ2v) is 6.54. The molecule has 0 spiro atoms. The Morgan fingerprint density at radius 3 is 2.04 bits per heavy atom. The summed E-state index contributed by atoms with van der Waals surface area (Å²) in [5, 5.41) is 9.31. The highest BCUT2D eigenvalue weighted by Gasteiger charge is 2.40. The molecule has 1 unspecified atom stereocenters. The van der Waals surface area contributed by atoms with Crippen molar-refractivity contribution in [3.8, 4) is 5.75 Å². The smallest absolute Gasteiger partial charge is 0.369 e. The molecule has 1 aromatic heterocycles. The Morgan fingerprint density at radius 1 is 1.07 bits per heavy atom. The van der Waals surface area contributed by atoms with E-state index in [4.69, 9.17) is 10.5 Å². The molecule has 8 heteroatoms. The van der Waals surface area contributed by atoms with Gasteiger partial charge in [-0.1, -0.05) is 0 Å². The first kappa shape index (κ1) is 19.4. The lowest BCUT2D eigenvalue weighted by molar-refractivity contribution is -0.151. The number of carbonyl (C=O) groups excluding carboxylic acids is 1. The number of pyridine rings is 1. The SMILES string of the molecule is CC(=C=O)C(N)(Oc1ccc(N2CCN(c3ccncc3)CC2)cc1)C(=O)O. The molecular formula is C20H22N4O4. The zero-order valence-corrected chi connectivity index (χ0v) is 15.5. The molecule has 1 aliphatic heterocycles. The van der Waals surface area contributed by atoms with E-state index in [-0.39, 0.29) is 11.3 Å². The van der Waals surface area contributed by atoms with E-state index in [0.29, 0.717) is 0 Å². The average molecular weight is 382 g/mol. The molecule has 0 saturated carbocycles. The molecule has 146 valence electrons. The Labute approximate surface area is 162 Å². The highest BCUT2D eigenvalue weighted by atomic mass is 16.5. The molecule has 2 aromatic rings. The third kappa shape index (κ3) is 3.98. The molecule has 3 rings (SSSR count). The van der Waals surface area contributed by atoms with Gasteiger partial charge in [0.1, 0.15) is 11.7 Å². The second kappa shape index (κ2) is 8.12. The summed E-state index contributed by atoms with van der Waals surface area (Å²) < 4.78 is 5.38. The first-order valence-electron chi connectivity index (χ1n) is 8.87. The maximum absolute atomic E-state index is 11.4. The van der Waals surface area contributed by atoms with Gasteiger partial charge in [0.25, 0.3) is 5.72 Å². The van der Waals surface area contributed by atoms with Gasteiger partial charge in [0.2, 0.25) is 0 Å². The maximum Gasteiger partial charge on any atom is 0.369 e. The minimum atomic E-state index is -2.24. The number of ether oxygens (including phenoxy) is 1. The Hall–Kier alpha value is -3.35. The number of anilines is 2. The van der Waals surface area contributed by atoms with Gasteiger partial charge >= 0.3 is 5.97 Å². The Bertz CT molecular complexity index is 873. The largest absolute Gasteiger partial charge is 0.477 e. The molecular weight excluding hydrogens is 360 g/mol. The van der Waals surface area contributed by atoms with Gasteiger partial charge in [0, 0.05) is 49.9 Å². The van der Waals surface area contributed by atoms with E-state index in [1.54, 1.807) is 24.5 Å². The number of piperazine rings is 1. The van der Waals surface area contributed by atoms with Crippen LogP contribution < -0.4 is 20.3 Å². The van der Waals surface area contributed by atoms with Gasteiger partial charge in [0.15, 0.2) is 0 Å². The van der Waals surface area contributed by atoms with Gasteiger partial charge < -0.3 is 19.6 Å². The molecule has 0 radical (unpaired) electrons. The summed E-state index contributed by atoms with van der Waals surface area (Å²) in [5.41, 5.74) is 5.42. The van der Waals surface area contributed by atoms with Crippen LogP contribution in [0.5, 0.6) is 5.75 Å². The van der Waals surface area contributed by atoms with Crippen molar-refractivity contribution in [3.05, 3.63) is 54.4 Å². The number of rotatable bonds is 6. The average Bonchev–Trinajstić information content (AvgIpc) is 2.74. The normalized spacial score (nSPS) is 16.1. The molecule has 28 heavy (non-hydrogen) atoms. The molecule has 1 fully saturated rings. The third-order valence-electron chi connectivity index (χ3n) is 4.82. The van der Waals surface area contributed by atoms with E-state index in [9.17, 15) is 14.7 Å². The zero-order valence-electron chi connectivity index (χ0n) is 15.5. The van der Waals surface area contributed by atoms with E-state index in [0.717, 1.165) is 37.6 Å². The molecule has 0 amide bonds. The summed E-state index contributed by atoms with van der Waals surface area (Å²) in [5.74, 6) is 0.315. The minimum absolute atomic E-state index is 0.240. The van der Waals surface area contributed by atoms with Crippen LogP contribution in [-0.2, 0) is 9.59 Å². The van der Waals surface area contributed by atoms with Crippen LogP contribution in [0.2, 0.25) is 0 Å². The lowest BCUT2D eigenvalue weighted by Crippen LogP contribution is -2.54. The van der Waals surface area contributed by atoms with Crippen LogP contribution in [0, 0.1) is 0 Å². The van der Waals surface area contributed by atoms with Gasteiger partial charge in [-0.15, -0.1) is 0 Å². The molecule has 1 saturated heterocycles. The summed E-state index contributed by atoms with van der Waals surface area (Å²) in [7, 11) is 0. The topological polar surface area (TPSA) is 109 Å². The molecule has 1 aromatic carbocycles. The number of nitrogens with two attached hydrogens (primary N) is 1. The highest BCUT2D eigenvalue weighted by molar-refractivity contribution is 5.84. The second-order valence-electron chi connectivity index (χ2n) is 6.54. The third-order valence-corrected chi connectivity index (χ3v) is 4.82. The van der Waals surface area contributed by atoms with E-state index in [2.05, 4.69) is 14.8 Å². The van der Waals surface area contributed by atoms with Crippen LogP contribution >= 0.6 is 0 Å². The number of carbonyl (C=O) groups is 1. The number of carboxylic acids is 1. The van der Waals surface area contributed by atoms with Crippen LogP contribution in [-0.4, -0.2) is 53.9 Å². The molecule has 2 heterocycles. The first-order chi connectivity index (χ1) is 13.4. The summed E-state index contributed by atoms with van der Waals surface area (Å²) in [6.45, 7) is 4.75. The van der Waals surface area contributed by atoms with Crippen molar-refractivity contribution in [2.24, 2.45) is 5.73 Å². The van der Waals surface area contributed by atoms with Crippen LogP contribution in [0.3, 0.4) is 0 Å². The van der Waals surface area contributed by atoms with E-state index < -0.39 is 11.7 Å². The first-order valence-corrected chi connectivity index (χ1v) is 8.87. The lowest BCUT2D eigenvalue weighted by Gasteiger charge is -2.37. The van der Waals surface area contributed by atoms with Crippen molar-refractivity contribution >= 4 is 23.3 Å². The zero-order chi connectivity index (χ0) is 20.1. The Balaban J connectivity index is 1.65. The van der Waals surface area contributed by atoms with Crippen LogP contribution in [0.4, 0.5) is 11.4 Å². The number of hydrogen-bond acceptors (Lipinski definition) is 7. The molecule has 0 bridgehead atoms. The van der Waals surface area contributed by atoms with Gasteiger partial charge in [-0.25, -0.2) is 9.59 Å². The summed E-state index contributed by atoms with van der Waals surface area (Å²) in [4.78, 5) is 30.9. The number of carboxylic acid groups (broad SMARTS) is 1. The summed E-state index contributed by atoms with van der Waals surface area (Å²) in [6, 6.07) is 11.0. The van der Waals surface area contributed by atoms with Crippen LogP contribution in [0.15, 0.2) is 54.4 Å². The van der Waals surface area contributed by atoms with E-state index >= 15 is 0 Å². The van der Waals surface area contributed by atoms with Gasteiger partial charge in [-0.3, -0.25) is 10.7 Å². The van der Waals surface area contributed by atoms with Crippen molar-refractivity contribution in [2.75, 3.05) is 36.0 Å². The number of hydrogen-bond donors (Lipinski definition) is 2. The van der Waals surface area contributed by atoms with Crippen molar-refractivity contribution in [1.29, 1.82) is 0 Å². The van der Waals surface area contributed by atoms with Crippen molar-refractivity contribution in [3.63, 3.8) is 0 Å². The number of nitrogens with zero attached hydrogens (tertiary/aromatic N) is 3. The minimum Gasteiger partial charge on any atom is -0.477 e. The maximum atomic E-state index is 11.4. The standard InChI is InChI=1S/C20H22N4O4/c1-15(14-25)20(21,19(26)27)28-18-4-2-16(3-5-18)23-10-12-24(13-11-23)17-6-8-22-9-7-17/h2-9H,10-13,21H2,1H3,(H,26,27). The Kier molecular flexibility index (Phi) is 5.63. The molecule has 0 aliphatic carbocycles. The van der Waals surface area contributed by atoms with Crippen LogP contribution in [0.25, 0.3) is 0 Å². The quantitative estimate of drug-likeness (QED) is 0.568. The predicted octanol–water partition coefficient (Wildman–Crippen LogP) is 1.30. The van der Waals surface area contributed by atoms with E-state index in [1.165, 1.54) is 12.9 Å². The van der Waals surface area contributed by atoms with Crippen molar-refractivity contribution < 1.29 is 19.4 Å². The molecule has 3 N–H and O–H groups in total. The summed E-state index contributed by atoms with van der Waals surface area (Å²) >= 11 is 0. The molecule has 1 atom stereocenters. The van der Waals surface area contributed by atoms with Crippen molar-refractivity contribution in [1.82, 2.24) is 4.98 Å². The number of aliphatic carboxylic acids is 1. The number of benzene rings is 1. The Morgan fingerprint density at radius 2 is 1.57 bits per heavy atom. The fourth-order valence-electron chi connectivity index (χ4n) is 3.05. The molecule has 1 aliphatic rings. The monoisotopic (exact) mass is 382 g/mol. The fraction of sp³-hybridized carbons (Fsp3) is 0.300. The van der Waals surface area contributed by atoms with Crippen LogP contribution in [0.1, 0.15) is 6.92 Å². The van der Waals surface area contributed by atoms with Gasteiger partial charge in [-0.05, 0) is 43.3 Å². The predicted molar refractivity (Wildman–Crippen MR) is 105 cm³/mol. The van der Waals surface area contributed by atoms with Gasteiger partial charge in [-0.2, -0.15) is 0 Å². The molecule has 8 nitrogen and oxygen atoms in total. The number of aromatic nitrogens is 1. The fourth-order valence-corrected chi connectivity index (χ4v) is 3.05. The van der Waals surface area contributed by atoms with Crippen molar-refractivity contribution in [2.45, 2.75) is 12.6 Å². The van der Waals surface area contributed by atoms with Gasteiger partial charge in [0.05, 0.1) is 5.57 Å². The highest BCUT2D eigenvalue weighted by Crippen LogP contribution is 2.25. The lowest BCUT2D eigenvalue weighted by atomic mass is 10.1.